The van der Waals surface area contributed by atoms with Gasteiger partial charge in [0.05, 0.1) is 0 Å². The lowest BCUT2D eigenvalue weighted by atomic mass is 9.83. The van der Waals surface area contributed by atoms with E-state index in [4.69, 9.17) is 0 Å². The molecule has 1 rings (SSSR count). The molecule has 1 saturated heterocycles. The molecule has 1 heterocycles. The maximum absolute atomic E-state index is 12.3. The zero-order valence-electron chi connectivity index (χ0n) is 14.6. The van der Waals surface area contributed by atoms with Crippen molar-refractivity contribution in [3.05, 3.63) is 0 Å². The van der Waals surface area contributed by atoms with Crippen molar-refractivity contribution in [2.45, 2.75) is 77.9 Å². The van der Waals surface area contributed by atoms with E-state index in [0.29, 0.717) is 18.8 Å². The molecule has 0 aliphatic carbocycles. The lowest BCUT2D eigenvalue weighted by Crippen LogP contribution is -2.53. The Hall–Kier alpha value is -1.43. The van der Waals surface area contributed by atoms with Crippen LogP contribution in [-0.2, 0) is 14.4 Å². The number of Topliss-reactive ketones (excluding diaryl/α,β-unsaturated/α-hetero) is 1. The highest BCUT2D eigenvalue weighted by Gasteiger charge is 2.44. The van der Waals surface area contributed by atoms with E-state index >= 15 is 0 Å². The van der Waals surface area contributed by atoms with Gasteiger partial charge in [0.15, 0.2) is 0 Å². The number of aliphatic carboxylic acids is 1. The summed E-state index contributed by atoms with van der Waals surface area (Å²) in [5.74, 6) is -0.942. The van der Waals surface area contributed by atoms with Crippen molar-refractivity contribution in [3.8, 4) is 0 Å². The highest BCUT2D eigenvalue weighted by Crippen LogP contribution is 2.29. The summed E-state index contributed by atoms with van der Waals surface area (Å²) in [5, 5.41) is 15.3. The van der Waals surface area contributed by atoms with Gasteiger partial charge in [-0.25, -0.2) is 0 Å². The Morgan fingerprint density at radius 2 is 1.83 bits per heavy atom. The summed E-state index contributed by atoms with van der Waals surface area (Å²) < 4.78 is 0. The quantitative estimate of drug-likeness (QED) is 0.600. The average molecular weight is 326 g/mol. The van der Waals surface area contributed by atoms with Crippen molar-refractivity contribution in [2.75, 3.05) is 0 Å². The standard InChI is InChI=1S/C17H30N2O4/c1-5-11(6-2)8-13(18-10(4)20)16-12(15(21)7-3)9-14(19-16)17(22)23/h11-14,16,19H,5-9H2,1-4H3,(H,18,20)(H,22,23)/t12-,13-,14+,16+/m0/s1. The summed E-state index contributed by atoms with van der Waals surface area (Å²) in [6, 6.07) is -1.26. The minimum absolute atomic E-state index is 0.0612. The van der Waals surface area contributed by atoms with E-state index in [1.165, 1.54) is 6.92 Å². The summed E-state index contributed by atoms with van der Waals surface area (Å²) in [5.41, 5.74) is 0. The molecule has 0 saturated carbocycles. The molecule has 0 aromatic rings. The number of nitrogens with one attached hydrogen (secondary N) is 2. The van der Waals surface area contributed by atoms with Crippen molar-refractivity contribution in [1.29, 1.82) is 0 Å². The van der Waals surface area contributed by atoms with Crippen molar-refractivity contribution in [2.24, 2.45) is 11.8 Å². The molecule has 0 unspecified atom stereocenters. The number of rotatable bonds is 9. The molecule has 0 aromatic heterocycles. The molecule has 6 nitrogen and oxygen atoms in total. The molecule has 0 aromatic carbocycles. The third kappa shape index (κ3) is 5.30. The molecule has 23 heavy (non-hydrogen) atoms. The van der Waals surface area contributed by atoms with Crippen LogP contribution in [0.5, 0.6) is 0 Å². The zero-order chi connectivity index (χ0) is 17.6. The van der Waals surface area contributed by atoms with Crippen molar-refractivity contribution < 1.29 is 19.5 Å². The summed E-state index contributed by atoms with van der Waals surface area (Å²) in [7, 11) is 0. The van der Waals surface area contributed by atoms with Crippen molar-refractivity contribution in [3.63, 3.8) is 0 Å². The average Bonchev–Trinajstić information content (AvgIpc) is 2.95. The summed E-state index contributed by atoms with van der Waals surface area (Å²) in [6.45, 7) is 7.47. The third-order valence-corrected chi connectivity index (χ3v) is 4.94. The molecule has 1 amide bonds. The Morgan fingerprint density at radius 1 is 1.22 bits per heavy atom. The zero-order valence-corrected chi connectivity index (χ0v) is 14.6. The number of carboxylic acids is 1. The topological polar surface area (TPSA) is 95.5 Å². The first kappa shape index (κ1) is 19.6. The highest BCUT2D eigenvalue weighted by atomic mass is 16.4. The molecule has 0 bridgehead atoms. The first-order valence-electron chi connectivity index (χ1n) is 8.62. The van der Waals surface area contributed by atoms with E-state index in [2.05, 4.69) is 24.5 Å². The molecule has 1 aliphatic rings. The van der Waals surface area contributed by atoms with Gasteiger partial charge < -0.3 is 10.4 Å². The van der Waals surface area contributed by atoms with Crippen LogP contribution in [0.3, 0.4) is 0 Å². The van der Waals surface area contributed by atoms with Crippen LogP contribution in [0.2, 0.25) is 0 Å². The molecule has 1 fully saturated rings. The van der Waals surface area contributed by atoms with Crippen LogP contribution >= 0.6 is 0 Å². The predicted octanol–water partition coefficient (Wildman–Crippen LogP) is 1.73. The highest BCUT2D eigenvalue weighted by molar-refractivity contribution is 5.84. The van der Waals surface area contributed by atoms with Crippen molar-refractivity contribution in [1.82, 2.24) is 10.6 Å². The van der Waals surface area contributed by atoms with Gasteiger partial charge in [0.2, 0.25) is 5.91 Å². The van der Waals surface area contributed by atoms with Gasteiger partial charge in [-0.15, -0.1) is 0 Å². The van der Waals surface area contributed by atoms with Gasteiger partial charge in [0.25, 0.3) is 0 Å². The van der Waals surface area contributed by atoms with Crippen LogP contribution in [0.15, 0.2) is 0 Å². The fraction of sp³-hybridized carbons (Fsp3) is 0.824. The number of carbonyl (C=O) groups is 3. The maximum atomic E-state index is 12.3. The smallest absolute Gasteiger partial charge is 0.320 e. The molecule has 1 aliphatic heterocycles. The van der Waals surface area contributed by atoms with E-state index in [1.54, 1.807) is 6.92 Å². The fourth-order valence-electron chi connectivity index (χ4n) is 3.52. The van der Waals surface area contributed by atoms with Crippen LogP contribution in [-0.4, -0.2) is 40.9 Å². The normalized spacial score (nSPS) is 25.3. The Kier molecular flexibility index (Phi) is 7.68. The third-order valence-electron chi connectivity index (χ3n) is 4.94. The summed E-state index contributed by atoms with van der Waals surface area (Å²) in [4.78, 5) is 35.2. The van der Waals surface area contributed by atoms with E-state index in [1.807, 2.05) is 0 Å². The maximum Gasteiger partial charge on any atom is 0.320 e. The number of amides is 1. The Morgan fingerprint density at radius 3 is 2.26 bits per heavy atom. The summed E-state index contributed by atoms with van der Waals surface area (Å²) in [6.07, 6.45) is 3.42. The Bertz CT molecular complexity index is 434. The first-order chi connectivity index (χ1) is 10.8. The fourth-order valence-corrected chi connectivity index (χ4v) is 3.52. The van der Waals surface area contributed by atoms with Crippen LogP contribution in [0.25, 0.3) is 0 Å². The van der Waals surface area contributed by atoms with E-state index in [0.717, 1.165) is 19.3 Å². The molecule has 132 valence electrons. The van der Waals surface area contributed by atoms with Crippen LogP contribution < -0.4 is 10.6 Å². The van der Waals surface area contributed by atoms with Gasteiger partial charge in [0.1, 0.15) is 11.8 Å². The second kappa shape index (κ2) is 9.01. The molecular weight excluding hydrogens is 296 g/mol. The number of ketones is 1. The molecule has 0 radical (unpaired) electrons. The van der Waals surface area contributed by atoms with Gasteiger partial charge in [0, 0.05) is 31.3 Å². The molecular formula is C17H30N2O4. The van der Waals surface area contributed by atoms with Crippen LogP contribution in [0.4, 0.5) is 0 Å². The van der Waals surface area contributed by atoms with Gasteiger partial charge >= 0.3 is 5.97 Å². The molecule has 3 N–H and O–H groups in total. The van der Waals surface area contributed by atoms with Crippen molar-refractivity contribution >= 4 is 17.7 Å². The number of carboxylic acid groups (broad SMARTS) is 1. The number of hydrogen-bond donors (Lipinski definition) is 3. The molecule has 0 spiro atoms. The van der Waals surface area contributed by atoms with E-state index in [9.17, 15) is 19.5 Å². The van der Waals surface area contributed by atoms with Gasteiger partial charge in [-0.1, -0.05) is 33.6 Å². The van der Waals surface area contributed by atoms with Crippen LogP contribution in [0.1, 0.15) is 59.8 Å². The largest absolute Gasteiger partial charge is 0.480 e. The Labute approximate surface area is 138 Å². The van der Waals surface area contributed by atoms with Gasteiger partial charge in [-0.05, 0) is 18.8 Å². The van der Waals surface area contributed by atoms with E-state index in [-0.39, 0.29) is 29.7 Å². The second-order valence-electron chi connectivity index (χ2n) is 6.47. The molecule has 4 atom stereocenters. The lowest BCUT2D eigenvalue weighted by molar-refractivity contribution is -0.139. The lowest BCUT2D eigenvalue weighted by Gasteiger charge is -2.31. The summed E-state index contributed by atoms with van der Waals surface area (Å²) >= 11 is 0. The minimum atomic E-state index is -0.939. The predicted molar refractivity (Wildman–Crippen MR) is 88.0 cm³/mol. The second-order valence-corrected chi connectivity index (χ2v) is 6.47. The van der Waals surface area contributed by atoms with Gasteiger partial charge in [-0.3, -0.25) is 19.7 Å². The monoisotopic (exact) mass is 326 g/mol. The minimum Gasteiger partial charge on any atom is -0.480 e. The first-order valence-corrected chi connectivity index (χ1v) is 8.62. The van der Waals surface area contributed by atoms with E-state index < -0.39 is 12.0 Å². The number of carbonyl (C=O) groups excluding carboxylic acids is 2. The number of hydrogen-bond acceptors (Lipinski definition) is 4. The Balaban J connectivity index is 3.00. The van der Waals surface area contributed by atoms with Crippen LogP contribution in [0, 0.1) is 11.8 Å². The van der Waals surface area contributed by atoms with Gasteiger partial charge in [-0.2, -0.15) is 0 Å². The molecule has 6 heteroatoms. The SMILES string of the molecule is CCC(=O)[C@@H]1C[C@H](C(=O)O)N[C@H]1[C@H](CC(CC)CC)NC(C)=O.